The molecule has 2 heterocycles. The topological polar surface area (TPSA) is 88.2 Å². The van der Waals surface area contributed by atoms with Gasteiger partial charge in [-0.2, -0.15) is 0 Å². The fraction of sp³-hybridized carbons (Fsp3) is 0.348. The highest BCUT2D eigenvalue weighted by molar-refractivity contribution is 6.22. The number of nitrogens with one attached hydrogen (secondary N) is 1. The van der Waals surface area contributed by atoms with Gasteiger partial charge in [0.15, 0.2) is 0 Å². The number of imide groups is 1. The molecule has 2 aliphatic heterocycles. The van der Waals surface area contributed by atoms with Crippen LogP contribution in [0.5, 0.6) is 11.5 Å². The highest BCUT2D eigenvalue weighted by atomic mass is 16.5. The largest absolute Gasteiger partial charge is 0.497 e. The van der Waals surface area contributed by atoms with Crippen molar-refractivity contribution in [2.45, 2.75) is 31.3 Å². The van der Waals surface area contributed by atoms with E-state index in [-0.39, 0.29) is 18.4 Å². The molecule has 2 saturated heterocycles. The molecule has 8 nitrogen and oxygen atoms in total. The molecule has 2 aromatic carbocycles. The quantitative estimate of drug-likeness (QED) is 0.722. The second-order valence-electron chi connectivity index (χ2n) is 7.57. The molecule has 8 heteroatoms. The van der Waals surface area contributed by atoms with E-state index in [9.17, 15) is 14.4 Å². The molecule has 1 N–H and O–H groups in total. The standard InChI is InChI=1S/C23H25N3O5/c1-30-16-10-11-17(20(13-16)31-2)19-9-6-12-25(19)21(27)14-18-22(28)26(23(29)24-18)15-7-4-3-5-8-15/h3-5,7-8,10-11,13,18-19H,6,9,12,14H2,1-2H3,(H,24,29)/t18-,19-/m1/s1. The molecular weight excluding hydrogens is 398 g/mol. The Labute approximate surface area is 180 Å². The van der Waals surface area contributed by atoms with E-state index in [1.54, 1.807) is 49.5 Å². The molecule has 2 aromatic rings. The molecule has 4 amide bonds. The maximum absolute atomic E-state index is 13.1. The first kappa shape index (κ1) is 20.7. The van der Waals surface area contributed by atoms with Gasteiger partial charge < -0.3 is 19.7 Å². The van der Waals surface area contributed by atoms with E-state index in [1.165, 1.54) is 0 Å². The second-order valence-corrected chi connectivity index (χ2v) is 7.57. The van der Waals surface area contributed by atoms with E-state index in [0.29, 0.717) is 23.7 Å². The van der Waals surface area contributed by atoms with Crippen molar-refractivity contribution in [1.29, 1.82) is 0 Å². The lowest BCUT2D eigenvalue weighted by atomic mass is 10.0. The van der Waals surface area contributed by atoms with Crippen LogP contribution >= 0.6 is 0 Å². The first-order chi connectivity index (χ1) is 15.0. The fourth-order valence-corrected chi connectivity index (χ4v) is 4.27. The zero-order chi connectivity index (χ0) is 22.0. The Morgan fingerprint density at radius 1 is 1.10 bits per heavy atom. The van der Waals surface area contributed by atoms with Crippen LogP contribution < -0.4 is 19.7 Å². The summed E-state index contributed by atoms with van der Waals surface area (Å²) in [7, 11) is 3.18. The number of nitrogens with zero attached hydrogens (tertiary/aromatic N) is 2. The third-order valence-electron chi connectivity index (χ3n) is 5.79. The molecule has 0 saturated carbocycles. The molecule has 0 unspecified atom stereocenters. The van der Waals surface area contributed by atoms with Crippen molar-refractivity contribution in [1.82, 2.24) is 10.2 Å². The van der Waals surface area contributed by atoms with Crippen molar-refractivity contribution in [3.05, 3.63) is 54.1 Å². The van der Waals surface area contributed by atoms with Gasteiger partial charge in [0.2, 0.25) is 5.91 Å². The van der Waals surface area contributed by atoms with Crippen LogP contribution in [-0.2, 0) is 9.59 Å². The molecule has 31 heavy (non-hydrogen) atoms. The Hall–Kier alpha value is -3.55. The summed E-state index contributed by atoms with van der Waals surface area (Å²) in [4.78, 5) is 41.2. The van der Waals surface area contributed by atoms with Crippen LogP contribution in [-0.4, -0.2) is 49.6 Å². The van der Waals surface area contributed by atoms with Crippen LogP contribution in [0.25, 0.3) is 0 Å². The molecule has 0 bridgehead atoms. The van der Waals surface area contributed by atoms with Crippen LogP contribution in [0.4, 0.5) is 10.5 Å². The predicted octanol–water partition coefficient (Wildman–Crippen LogP) is 2.88. The van der Waals surface area contributed by atoms with Gasteiger partial charge in [0.25, 0.3) is 5.91 Å². The minimum Gasteiger partial charge on any atom is -0.497 e. The fourth-order valence-electron chi connectivity index (χ4n) is 4.27. The molecule has 2 fully saturated rings. The van der Waals surface area contributed by atoms with Crippen LogP contribution in [0.1, 0.15) is 30.9 Å². The van der Waals surface area contributed by atoms with E-state index < -0.39 is 18.0 Å². The summed E-state index contributed by atoms with van der Waals surface area (Å²) in [6.07, 6.45) is 1.57. The molecule has 162 valence electrons. The van der Waals surface area contributed by atoms with Gasteiger partial charge in [0, 0.05) is 18.2 Å². The Balaban J connectivity index is 1.50. The van der Waals surface area contributed by atoms with Gasteiger partial charge in [-0.1, -0.05) is 18.2 Å². The highest BCUT2D eigenvalue weighted by Crippen LogP contribution is 2.39. The predicted molar refractivity (Wildman–Crippen MR) is 114 cm³/mol. The van der Waals surface area contributed by atoms with Crippen LogP contribution in [0.3, 0.4) is 0 Å². The number of benzene rings is 2. The van der Waals surface area contributed by atoms with E-state index in [0.717, 1.165) is 23.3 Å². The smallest absolute Gasteiger partial charge is 0.329 e. The van der Waals surface area contributed by atoms with Gasteiger partial charge in [0.05, 0.1) is 32.4 Å². The molecule has 0 aromatic heterocycles. The SMILES string of the molecule is COc1ccc([C@H]2CCCN2C(=O)C[C@H]2NC(=O)N(c3ccccc3)C2=O)c(OC)c1. The summed E-state index contributed by atoms with van der Waals surface area (Å²) >= 11 is 0. The number of ether oxygens (including phenoxy) is 2. The summed E-state index contributed by atoms with van der Waals surface area (Å²) < 4.78 is 10.8. The van der Waals surface area contributed by atoms with Crippen LogP contribution in [0.15, 0.2) is 48.5 Å². The third kappa shape index (κ3) is 3.93. The number of anilines is 1. The maximum atomic E-state index is 13.1. The Morgan fingerprint density at radius 3 is 2.58 bits per heavy atom. The number of amides is 4. The molecule has 4 rings (SSSR count). The highest BCUT2D eigenvalue weighted by Gasteiger charge is 2.42. The van der Waals surface area contributed by atoms with Crippen molar-refractivity contribution < 1.29 is 23.9 Å². The summed E-state index contributed by atoms with van der Waals surface area (Å²) in [5, 5.41) is 2.65. The third-order valence-corrected chi connectivity index (χ3v) is 5.79. The lowest BCUT2D eigenvalue weighted by Crippen LogP contribution is -2.39. The molecule has 0 radical (unpaired) electrons. The lowest BCUT2D eigenvalue weighted by molar-refractivity contribution is -0.134. The number of likely N-dealkylation sites (tertiary alicyclic amines) is 1. The summed E-state index contributed by atoms with van der Waals surface area (Å²) in [6, 6.07) is 12.7. The maximum Gasteiger partial charge on any atom is 0.329 e. The monoisotopic (exact) mass is 423 g/mol. The van der Waals surface area contributed by atoms with Crippen molar-refractivity contribution in [2.75, 3.05) is 25.7 Å². The number of carbonyl (C=O) groups is 3. The van der Waals surface area contributed by atoms with E-state index >= 15 is 0 Å². The minimum absolute atomic E-state index is 0.0805. The Bertz CT molecular complexity index is 994. The number of carbonyl (C=O) groups excluding carboxylic acids is 3. The number of urea groups is 1. The van der Waals surface area contributed by atoms with E-state index in [4.69, 9.17) is 9.47 Å². The second kappa shape index (κ2) is 8.67. The molecular formula is C23H25N3O5. The minimum atomic E-state index is -0.876. The van der Waals surface area contributed by atoms with Gasteiger partial charge in [0.1, 0.15) is 17.5 Å². The van der Waals surface area contributed by atoms with Gasteiger partial charge in [-0.25, -0.2) is 9.69 Å². The van der Waals surface area contributed by atoms with Crippen molar-refractivity contribution >= 4 is 23.5 Å². The van der Waals surface area contributed by atoms with Crippen molar-refractivity contribution in [2.24, 2.45) is 0 Å². The normalized spacial score (nSPS) is 20.7. The van der Waals surface area contributed by atoms with E-state index in [1.807, 2.05) is 18.2 Å². The average Bonchev–Trinajstić information content (AvgIpc) is 3.38. The summed E-state index contributed by atoms with van der Waals surface area (Å²) in [5.74, 6) is 0.748. The van der Waals surface area contributed by atoms with Crippen molar-refractivity contribution in [3.8, 4) is 11.5 Å². The lowest BCUT2D eigenvalue weighted by Gasteiger charge is -2.27. The number of hydrogen-bond donors (Lipinski definition) is 1. The van der Waals surface area contributed by atoms with Gasteiger partial charge in [-0.3, -0.25) is 9.59 Å². The zero-order valence-electron chi connectivity index (χ0n) is 17.5. The first-order valence-corrected chi connectivity index (χ1v) is 10.2. The van der Waals surface area contributed by atoms with Gasteiger partial charge in [-0.15, -0.1) is 0 Å². The Kier molecular flexibility index (Phi) is 5.79. The number of rotatable bonds is 6. The number of methoxy groups -OCH3 is 2. The summed E-state index contributed by atoms with van der Waals surface area (Å²) in [5.41, 5.74) is 1.39. The van der Waals surface area contributed by atoms with E-state index in [2.05, 4.69) is 5.32 Å². The first-order valence-electron chi connectivity index (χ1n) is 10.2. The summed E-state index contributed by atoms with van der Waals surface area (Å²) in [6.45, 7) is 0.593. The molecule has 2 aliphatic rings. The molecule has 2 atom stereocenters. The van der Waals surface area contributed by atoms with Crippen LogP contribution in [0.2, 0.25) is 0 Å². The van der Waals surface area contributed by atoms with Gasteiger partial charge >= 0.3 is 6.03 Å². The van der Waals surface area contributed by atoms with Crippen molar-refractivity contribution in [3.63, 3.8) is 0 Å². The molecule has 0 spiro atoms. The zero-order valence-corrected chi connectivity index (χ0v) is 17.5. The number of hydrogen-bond acceptors (Lipinski definition) is 5. The van der Waals surface area contributed by atoms with Gasteiger partial charge in [-0.05, 0) is 37.1 Å². The Morgan fingerprint density at radius 2 is 1.87 bits per heavy atom. The average molecular weight is 423 g/mol. The number of para-hydroxylation sites is 1. The van der Waals surface area contributed by atoms with Crippen LogP contribution in [0, 0.1) is 0 Å². The molecule has 0 aliphatic carbocycles.